The van der Waals surface area contributed by atoms with Crippen LogP contribution in [0.2, 0.25) is 0 Å². The van der Waals surface area contributed by atoms with Gasteiger partial charge >= 0.3 is 0 Å². The predicted molar refractivity (Wildman–Crippen MR) is 75.8 cm³/mol. The number of aliphatic hydroxyl groups is 1. The second-order valence-electron chi connectivity index (χ2n) is 5.48. The average Bonchev–Trinajstić information content (AvgIpc) is 3.07. The minimum Gasteiger partial charge on any atom is -0.489 e. The lowest BCUT2D eigenvalue weighted by atomic mass is 10.1. The maximum atomic E-state index is 9.73. The molecule has 0 atom stereocenters. The topological polar surface area (TPSA) is 41.5 Å². The van der Waals surface area contributed by atoms with Gasteiger partial charge < -0.3 is 15.2 Å². The monoisotopic (exact) mass is 313 g/mol. The van der Waals surface area contributed by atoms with Crippen LogP contribution < -0.4 is 10.1 Å². The summed E-state index contributed by atoms with van der Waals surface area (Å²) >= 11 is 3.50. The van der Waals surface area contributed by atoms with Gasteiger partial charge in [0, 0.05) is 18.2 Å². The standard InChI is InChI=1S/C14H20BrNO2/c1-14(2,17)9-18-13-10(4-3-5-12(13)15)8-16-11-6-7-11/h3-5,11,16-17H,6-9H2,1-2H3. The van der Waals surface area contributed by atoms with E-state index >= 15 is 0 Å². The van der Waals surface area contributed by atoms with E-state index in [9.17, 15) is 5.11 Å². The van der Waals surface area contributed by atoms with Crippen molar-refractivity contribution in [1.82, 2.24) is 5.32 Å². The second-order valence-corrected chi connectivity index (χ2v) is 6.34. The largest absolute Gasteiger partial charge is 0.489 e. The van der Waals surface area contributed by atoms with Crippen LogP contribution in [0.4, 0.5) is 0 Å². The molecule has 0 bridgehead atoms. The molecular formula is C14H20BrNO2. The Bertz CT molecular complexity index is 411. The van der Waals surface area contributed by atoms with Gasteiger partial charge in [0.05, 0.1) is 10.1 Å². The van der Waals surface area contributed by atoms with Crippen molar-refractivity contribution >= 4 is 15.9 Å². The van der Waals surface area contributed by atoms with E-state index in [1.165, 1.54) is 12.8 Å². The fraction of sp³-hybridized carbons (Fsp3) is 0.571. The summed E-state index contributed by atoms with van der Waals surface area (Å²) < 4.78 is 6.68. The van der Waals surface area contributed by atoms with Crippen molar-refractivity contribution < 1.29 is 9.84 Å². The van der Waals surface area contributed by atoms with Crippen LogP contribution in [-0.4, -0.2) is 23.4 Å². The van der Waals surface area contributed by atoms with Gasteiger partial charge in [-0.3, -0.25) is 0 Å². The van der Waals surface area contributed by atoms with Crippen molar-refractivity contribution in [3.63, 3.8) is 0 Å². The van der Waals surface area contributed by atoms with E-state index in [1.807, 2.05) is 12.1 Å². The maximum absolute atomic E-state index is 9.73. The predicted octanol–water partition coefficient (Wildman–Crippen LogP) is 2.85. The van der Waals surface area contributed by atoms with E-state index in [0.717, 1.165) is 22.3 Å². The zero-order chi connectivity index (χ0) is 13.2. The summed E-state index contributed by atoms with van der Waals surface area (Å²) in [7, 11) is 0. The van der Waals surface area contributed by atoms with Crippen molar-refractivity contribution in [2.45, 2.75) is 44.9 Å². The van der Waals surface area contributed by atoms with Crippen molar-refractivity contribution in [1.29, 1.82) is 0 Å². The van der Waals surface area contributed by atoms with Gasteiger partial charge in [0.25, 0.3) is 0 Å². The first kappa shape index (κ1) is 13.8. The van der Waals surface area contributed by atoms with Crippen molar-refractivity contribution in [2.75, 3.05) is 6.61 Å². The van der Waals surface area contributed by atoms with E-state index in [0.29, 0.717) is 6.04 Å². The lowest BCUT2D eigenvalue weighted by Gasteiger charge is -2.20. The molecule has 0 radical (unpaired) electrons. The molecule has 1 aliphatic rings. The van der Waals surface area contributed by atoms with Crippen LogP contribution in [0.25, 0.3) is 0 Å². The highest BCUT2D eigenvalue weighted by Gasteiger charge is 2.21. The smallest absolute Gasteiger partial charge is 0.138 e. The van der Waals surface area contributed by atoms with Crippen LogP contribution >= 0.6 is 15.9 Å². The summed E-state index contributed by atoms with van der Waals surface area (Å²) in [6.07, 6.45) is 2.54. The fourth-order valence-electron chi connectivity index (χ4n) is 1.64. The molecule has 0 aromatic heterocycles. The number of hydrogen-bond acceptors (Lipinski definition) is 3. The highest BCUT2D eigenvalue weighted by molar-refractivity contribution is 9.10. The van der Waals surface area contributed by atoms with Crippen LogP contribution in [0.15, 0.2) is 22.7 Å². The summed E-state index contributed by atoms with van der Waals surface area (Å²) in [6.45, 7) is 4.58. The van der Waals surface area contributed by atoms with E-state index < -0.39 is 5.60 Å². The molecule has 0 heterocycles. The van der Waals surface area contributed by atoms with Gasteiger partial charge in [0.2, 0.25) is 0 Å². The summed E-state index contributed by atoms with van der Waals surface area (Å²) in [5.41, 5.74) is 0.303. The molecule has 2 rings (SSSR count). The van der Waals surface area contributed by atoms with Crippen molar-refractivity contribution in [3.05, 3.63) is 28.2 Å². The molecule has 100 valence electrons. The third-order valence-corrected chi connectivity index (χ3v) is 3.40. The molecule has 3 nitrogen and oxygen atoms in total. The van der Waals surface area contributed by atoms with Crippen LogP contribution in [0.5, 0.6) is 5.75 Å². The molecule has 0 saturated heterocycles. The van der Waals surface area contributed by atoms with E-state index in [-0.39, 0.29) is 6.61 Å². The molecular weight excluding hydrogens is 294 g/mol. The highest BCUT2D eigenvalue weighted by atomic mass is 79.9. The number of nitrogens with one attached hydrogen (secondary N) is 1. The number of hydrogen-bond donors (Lipinski definition) is 2. The van der Waals surface area contributed by atoms with Crippen LogP contribution in [0.3, 0.4) is 0 Å². The molecule has 1 fully saturated rings. The minimum atomic E-state index is -0.823. The quantitative estimate of drug-likeness (QED) is 0.848. The van der Waals surface area contributed by atoms with Gasteiger partial charge in [0.15, 0.2) is 0 Å². The molecule has 1 aromatic carbocycles. The molecule has 0 spiro atoms. The zero-order valence-electron chi connectivity index (χ0n) is 10.9. The molecule has 4 heteroatoms. The second kappa shape index (κ2) is 5.59. The Morgan fingerprint density at radius 2 is 2.17 bits per heavy atom. The minimum absolute atomic E-state index is 0.284. The van der Waals surface area contributed by atoms with Gasteiger partial charge in [-0.05, 0) is 48.7 Å². The zero-order valence-corrected chi connectivity index (χ0v) is 12.5. The third kappa shape index (κ3) is 4.26. The first-order valence-corrected chi connectivity index (χ1v) is 7.11. The Morgan fingerprint density at radius 1 is 1.44 bits per heavy atom. The number of ether oxygens (including phenoxy) is 1. The Kier molecular flexibility index (Phi) is 4.30. The van der Waals surface area contributed by atoms with Crippen LogP contribution in [0.1, 0.15) is 32.3 Å². The molecule has 1 aromatic rings. The first-order valence-electron chi connectivity index (χ1n) is 6.32. The Labute approximate surface area is 117 Å². The molecule has 1 aliphatic carbocycles. The summed E-state index contributed by atoms with van der Waals surface area (Å²) in [6, 6.07) is 6.69. The van der Waals surface area contributed by atoms with Crippen LogP contribution in [0, 0.1) is 0 Å². The van der Waals surface area contributed by atoms with E-state index in [4.69, 9.17) is 4.74 Å². The number of rotatable bonds is 6. The number of para-hydroxylation sites is 1. The van der Waals surface area contributed by atoms with Gasteiger partial charge in [0.1, 0.15) is 12.4 Å². The third-order valence-electron chi connectivity index (χ3n) is 2.78. The van der Waals surface area contributed by atoms with Gasteiger partial charge in [-0.2, -0.15) is 0 Å². The van der Waals surface area contributed by atoms with Crippen LogP contribution in [-0.2, 0) is 6.54 Å². The molecule has 1 saturated carbocycles. The number of halogens is 1. The van der Waals surface area contributed by atoms with Gasteiger partial charge in [-0.25, -0.2) is 0 Å². The van der Waals surface area contributed by atoms with E-state index in [2.05, 4.69) is 27.3 Å². The lowest BCUT2D eigenvalue weighted by molar-refractivity contribution is 0.0278. The Hall–Kier alpha value is -0.580. The normalized spacial score (nSPS) is 15.8. The first-order chi connectivity index (χ1) is 8.46. The number of benzene rings is 1. The van der Waals surface area contributed by atoms with Crippen molar-refractivity contribution in [2.24, 2.45) is 0 Å². The highest BCUT2D eigenvalue weighted by Crippen LogP contribution is 2.30. The van der Waals surface area contributed by atoms with Crippen molar-refractivity contribution in [3.8, 4) is 5.75 Å². The molecule has 0 amide bonds. The average molecular weight is 314 g/mol. The summed E-state index contributed by atoms with van der Waals surface area (Å²) in [4.78, 5) is 0. The lowest BCUT2D eigenvalue weighted by Crippen LogP contribution is -2.28. The summed E-state index contributed by atoms with van der Waals surface area (Å²) in [5.74, 6) is 0.827. The molecule has 2 N–H and O–H groups in total. The molecule has 0 unspecified atom stereocenters. The molecule has 0 aliphatic heterocycles. The fourth-order valence-corrected chi connectivity index (χ4v) is 2.17. The molecule has 18 heavy (non-hydrogen) atoms. The van der Waals surface area contributed by atoms with E-state index in [1.54, 1.807) is 13.8 Å². The van der Waals surface area contributed by atoms with Gasteiger partial charge in [-0.1, -0.05) is 12.1 Å². The van der Waals surface area contributed by atoms with Gasteiger partial charge in [-0.15, -0.1) is 0 Å². The maximum Gasteiger partial charge on any atom is 0.138 e. The Balaban J connectivity index is 2.04. The Morgan fingerprint density at radius 3 is 2.78 bits per heavy atom. The summed E-state index contributed by atoms with van der Waals surface area (Å²) in [5, 5.41) is 13.2. The SMILES string of the molecule is CC(C)(O)COc1c(Br)cccc1CNC1CC1.